The Morgan fingerprint density at radius 3 is 2.69 bits per heavy atom. The molecule has 0 atom stereocenters. The third-order valence-electron chi connectivity index (χ3n) is 5.30. The first kappa shape index (κ1) is 21.5. The number of nitrogens with one attached hydrogen (secondary N) is 1. The zero-order chi connectivity index (χ0) is 22.5. The van der Waals surface area contributed by atoms with Crippen LogP contribution >= 0.6 is 0 Å². The number of aromatic nitrogens is 2. The lowest BCUT2D eigenvalue weighted by Gasteiger charge is -2.20. The number of aromatic amines is 1. The Morgan fingerprint density at radius 1 is 1.16 bits per heavy atom. The van der Waals surface area contributed by atoms with Crippen LogP contribution in [-0.2, 0) is 22.5 Å². The van der Waals surface area contributed by atoms with Gasteiger partial charge in [-0.25, -0.2) is 4.98 Å². The third kappa shape index (κ3) is 4.48. The second kappa shape index (κ2) is 9.62. The number of fused-ring (bicyclic) bond motifs is 2. The first-order valence-electron chi connectivity index (χ1n) is 10.5. The molecule has 2 aromatic carbocycles. The maximum Gasteiger partial charge on any atom is 0.258 e. The number of para-hydroxylation sites is 2. The van der Waals surface area contributed by atoms with E-state index < -0.39 is 0 Å². The number of carbonyl (C=O) groups excluding carboxylic acids is 1. The summed E-state index contributed by atoms with van der Waals surface area (Å²) in [5.74, 6) is 1.05. The summed E-state index contributed by atoms with van der Waals surface area (Å²) in [7, 11) is 1.58. The monoisotopic (exact) mass is 431 g/mol. The maximum atomic E-state index is 13.1. The number of aryl methyl sites for hydroxylation is 1. The van der Waals surface area contributed by atoms with Gasteiger partial charge in [0.2, 0.25) is 5.91 Å². The molecule has 0 unspecified atom stereocenters. The van der Waals surface area contributed by atoms with Crippen LogP contribution in [0.2, 0.25) is 0 Å². The van der Waals surface area contributed by atoms with Crippen LogP contribution in [0.25, 0.3) is 27.9 Å². The zero-order valence-electron chi connectivity index (χ0n) is 18.1. The Bertz CT molecular complexity index is 1340. The Morgan fingerprint density at radius 2 is 1.91 bits per heavy atom. The molecule has 0 saturated heterocycles. The van der Waals surface area contributed by atoms with Crippen molar-refractivity contribution in [2.24, 2.45) is 0 Å². The van der Waals surface area contributed by atoms with Gasteiger partial charge in [-0.1, -0.05) is 37.3 Å². The number of methoxy groups -OCH3 is 1. The average Bonchev–Trinajstić information content (AvgIpc) is 3.18. The number of rotatable bonds is 8. The van der Waals surface area contributed by atoms with Crippen LogP contribution in [0.4, 0.5) is 0 Å². The van der Waals surface area contributed by atoms with E-state index in [4.69, 9.17) is 9.15 Å². The van der Waals surface area contributed by atoms with Crippen molar-refractivity contribution >= 4 is 33.9 Å². The molecule has 0 radical (unpaired) electrons. The number of benzene rings is 2. The number of ether oxygens (including phenoxy) is 1. The first-order chi connectivity index (χ1) is 15.6. The van der Waals surface area contributed by atoms with E-state index in [1.165, 1.54) is 6.08 Å². The fraction of sp³-hybridized carbons (Fsp3) is 0.240. The Balaban J connectivity index is 1.61. The number of amides is 1. The molecule has 164 valence electrons. The van der Waals surface area contributed by atoms with Crippen molar-refractivity contribution in [3.8, 4) is 0 Å². The van der Waals surface area contributed by atoms with E-state index in [2.05, 4.69) is 9.97 Å². The summed E-state index contributed by atoms with van der Waals surface area (Å²) in [5.41, 5.74) is 2.07. The van der Waals surface area contributed by atoms with E-state index in [0.717, 1.165) is 28.7 Å². The van der Waals surface area contributed by atoms with Crippen molar-refractivity contribution in [1.29, 1.82) is 0 Å². The summed E-state index contributed by atoms with van der Waals surface area (Å²) in [4.78, 5) is 34.4. The fourth-order valence-corrected chi connectivity index (χ4v) is 3.68. The minimum absolute atomic E-state index is 0.166. The topological polar surface area (TPSA) is 88.4 Å². The van der Waals surface area contributed by atoms with Crippen molar-refractivity contribution < 1.29 is 13.9 Å². The highest BCUT2D eigenvalue weighted by Gasteiger charge is 2.15. The van der Waals surface area contributed by atoms with Gasteiger partial charge >= 0.3 is 0 Å². The summed E-state index contributed by atoms with van der Waals surface area (Å²) < 4.78 is 11.1. The molecule has 0 aliphatic rings. The Hall–Kier alpha value is -3.71. The molecule has 2 aromatic heterocycles. The van der Waals surface area contributed by atoms with Crippen LogP contribution < -0.4 is 5.56 Å². The van der Waals surface area contributed by atoms with Crippen LogP contribution in [-0.4, -0.2) is 41.0 Å². The highest BCUT2D eigenvalue weighted by atomic mass is 16.5. The van der Waals surface area contributed by atoms with Crippen molar-refractivity contribution in [2.75, 3.05) is 20.3 Å². The van der Waals surface area contributed by atoms with E-state index in [9.17, 15) is 9.59 Å². The van der Waals surface area contributed by atoms with Gasteiger partial charge in [-0.05, 0) is 24.3 Å². The van der Waals surface area contributed by atoms with Crippen molar-refractivity contribution in [2.45, 2.75) is 19.9 Å². The van der Waals surface area contributed by atoms with Crippen LogP contribution in [0.1, 0.15) is 24.1 Å². The van der Waals surface area contributed by atoms with Gasteiger partial charge < -0.3 is 19.0 Å². The highest BCUT2D eigenvalue weighted by Crippen LogP contribution is 2.27. The molecule has 0 aliphatic heterocycles. The minimum atomic E-state index is -0.224. The van der Waals surface area contributed by atoms with Crippen LogP contribution in [0.5, 0.6) is 0 Å². The van der Waals surface area contributed by atoms with Gasteiger partial charge in [-0.2, -0.15) is 0 Å². The molecule has 7 nitrogen and oxygen atoms in total. The summed E-state index contributed by atoms with van der Waals surface area (Å²) in [6.07, 6.45) is 4.05. The van der Waals surface area contributed by atoms with Crippen molar-refractivity contribution in [1.82, 2.24) is 14.9 Å². The van der Waals surface area contributed by atoms with E-state index in [0.29, 0.717) is 29.9 Å². The molecule has 1 amide bonds. The van der Waals surface area contributed by atoms with Crippen LogP contribution in [0.3, 0.4) is 0 Å². The van der Waals surface area contributed by atoms with Crippen molar-refractivity contribution in [3.05, 3.63) is 82.1 Å². The zero-order valence-corrected chi connectivity index (χ0v) is 18.1. The predicted octanol–water partition coefficient (Wildman–Crippen LogP) is 3.92. The standard InChI is InChI=1S/C25H25N3O4/c1-3-21-18(17-8-5-7-11-22(17)32-21)12-13-24(29)28(14-15-31-2)16-23-26-20-10-6-4-9-19(20)25(30)27-23/h4-13H,3,14-16H2,1-2H3,(H,26,27,30). The van der Waals surface area contributed by atoms with Gasteiger partial charge in [0.1, 0.15) is 17.2 Å². The largest absolute Gasteiger partial charge is 0.460 e. The van der Waals surface area contributed by atoms with Crippen LogP contribution in [0, 0.1) is 0 Å². The molecule has 4 aromatic rings. The number of hydrogen-bond donors (Lipinski definition) is 1. The minimum Gasteiger partial charge on any atom is -0.460 e. The lowest BCUT2D eigenvalue weighted by atomic mass is 10.1. The highest BCUT2D eigenvalue weighted by molar-refractivity contribution is 5.96. The Kier molecular flexibility index (Phi) is 6.47. The molecule has 4 rings (SSSR count). The fourth-order valence-electron chi connectivity index (χ4n) is 3.68. The molecule has 32 heavy (non-hydrogen) atoms. The molecule has 2 heterocycles. The number of furan rings is 1. The molecule has 0 spiro atoms. The lowest BCUT2D eigenvalue weighted by molar-refractivity contribution is -0.127. The normalized spacial score (nSPS) is 11.6. The quantitative estimate of drug-likeness (QED) is 0.427. The SMILES string of the molecule is CCc1oc2ccccc2c1C=CC(=O)N(CCOC)Cc1nc2ccccc2c(=O)[nH]1. The molecule has 0 aliphatic carbocycles. The van der Waals surface area contributed by atoms with E-state index in [-0.39, 0.29) is 18.0 Å². The van der Waals surface area contributed by atoms with E-state index in [1.54, 1.807) is 36.3 Å². The van der Waals surface area contributed by atoms with Crippen LogP contribution in [0.15, 0.2) is 63.8 Å². The number of nitrogens with zero attached hydrogens (tertiary/aromatic N) is 2. The molecule has 7 heteroatoms. The maximum absolute atomic E-state index is 13.1. The van der Waals surface area contributed by atoms with Crippen molar-refractivity contribution in [3.63, 3.8) is 0 Å². The molecule has 0 bridgehead atoms. The smallest absolute Gasteiger partial charge is 0.258 e. The summed E-state index contributed by atoms with van der Waals surface area (Å²) in [6, 6.07) is 14.9. The first-order valence-corrected chi connectivity index (χ1v) is 10.5. The summed E-state index contributed by atoms with van der Waals surface area (Å²) >= 11 is 0. The van der Waals surface area contributed by atoms with Gasteiger partial charge in [0, 0.05) is 37.1 Å². The van der Waals surface area contributed by atoms with E-state index >= 15 is 0 Å². The second-order valence-corrected chi connectivity index (χ2v) is 7.40. The van der Waals surface area contributed by atoms with Gasteiger partial charge in [0.05, 0.1) is 24.1 Å². The molecular weight excluding hydrogens is 406 g/mol. The van der Waals surface area contributed by atoms with Gasteiger partial charge in [0.25, 0.3) is 5.56 Å². The number of hydrogen-bond acceptors (Lipinski definition) is 5. The molecule has 0 saturated carbocycles. The molecular formula is C25H25N3O4. The average molecular weight is 431 g/mol. The predicted molar refractivity (Wildman–Crippen MR) is 124 cm³/mol. The summed E-state index contributed by atoms with van der Waals surface area (Å²) in [6.45, 7) is 2.91. The number of H-pyrrole nitrogens is 1. The summed E-state index contributed by atoms with van der Waals surface area (Å²) in [5, 5.41) is 1.49. The Labute approximate surface area is 185 Å². The van der Waals surface area contributed by atoms with E-state index in [1.807, 2.05) is 37.3 Å². The third-order valence-corrected chi connectivity index (χ3v) is 5.30. The number of carbonyl (C=O) groups is 1. The van der Waals surface area contributed by atoms with Gasteiger partial charge in [0.15, 0.2) is 0 Å². The molecule has 1 N–H and O–H groups in total. The molecule has 0 fully saturated rings. The van der Waals surface area contributed by atoms with Gasteiger partial charge in [-0.15, -0.1) is 0 Å². The second-order valence-electron chi connectivity index (χ2n) is 7.40. The van der Waals surface area contributed by atoms with Gasteiger partial charge in [-0.3, -0.25) is 9.59 Å². The lowest BCUT2D eigenvalue weighted by Crippen LogP contribution is -2.33.